The van der Waals surface area contributed by atoms with Gasteiger partial charge in [-0.3, -0.25) is 9.59 Å². The van der Waals surface area contributed by atoms with Crippen molar-refractivity contribution in [2.45, 2.75) is 38.0 Å². The Morgan fingerprint density at radius 2 is 1.85 bits per heavy atom. The molecule has 1 saturated heterocycles. The number of aromatic nitrogens is 1. The summed E-state index contributed by atoms with van der Waals surface area (Å²) in [5, 5.41) is 18.6. The first kappa shape index (κ1) is 27.4. The molecule has 2 atom stereocenters. The summed E-state index contributed by atoms with van der Waals surface area (Å²) < 4.78 is 7.25. The molecule has 8 heteroatoms. The Morgan fingerprint density at radius 3 is 2.60 bits per heavy atom. The number of aryl methyl sites for hydroxylation is 1. The van der Waals surface area contributed by atoms with E-state index in [0.29, 0.717) is 38.0 Å². The van der Waals surface area contributed by atoms with E-state index >= 15 is 0 Å². The molecule has 2 amide bonds. The van der Waals surface area contributed by atoms with Crippen LogP contribution in [0.15, 0.2) is 79.0 Å². The maximum atomic E-state index is 13.7. The van der Waals surface area contributed by atoms with Crippen LogP contribution >= 0.6 is 0 Å². The number of fused-ring (bicyclic) bond motifs is 1. The fraction of sp³-hybridized carbons (Fsp3) is 0.312. The second-order valence-electron chi connectivity index (χ2n) is 10.3. The minimum absolute atomic E-state index is 0.0715. The summed E-state index contributed by atoms with van der Waals surface area (Å²) in [7, 11) is 3.56. The minimum Gasteiger partial charge on any atom is -0.497 e. The first-order valence-electron chi connectivity index (χ1n) is 13.7. The monoisotopic (exact) mass is 540 g/mol. The quantitative estimate of drug-likeness (QED) is 0.269. The molecule has 0 bridgehead atoms. The van der Waals surface area contributed by atoms with Crippen LogP contribution in [0.3, 0.4) is 0 Å². The lowest BCUT2D eigenvalue weighted by molar-refractivity contribution is -0.117. The van der Waals surface area contributed by atoms with Gasteiger partial charge in [-0.15, -0.1) is 0 Å². The van der Waals surface area contributed by atoms with E-state index < -0.39 is 12.1 Å². The van der Waals surface area contributed by atoms with Crippen molar-refractivity contribution in [3.63, 3.8) is 0 Å². The number of hydrogen-bond acceptors (Lipinski definition) is 5. The van der Waals surface area contributed by atoms with Crippen LogP contribution in [-0.4, -0.2) is 53.8 Å². The highest BCUT2D eigenvalue weighted by molar-refractivity contribution is 6.08. The molecular formula is C32H36N4O4. The number of amides is 2. The van der Waals surface area contributed by atoms with E-state index in [0.717, 1.165) is 39.9 Å². The highest BCUT2D eigenvalue weighted by Crippen LogP contribution is 2.32. The predicted molar refractivity (Wildman–Crippen MR) is 157 cm³/mol. The van der Waals surface area contributed by atoms with Crippen LogP contribution in [0.4, 0.5) is 5.69 Å². The fourth-order valence-corrected chi connectivity index (χ4v) is 5.30. The average molecular weight is 541 g/mol. The molecule has 1 aromatic heterocycles. The molecule has 0 unspecified atom stereocenters. The normalized spacial score (nSPS) is 14.9. The first-order chi connectivity index (χ1) is 19.4. The topological polar surface area (TPSA) is 95.8 Å². The molecule has 208 valence electrons. The van der Waals surface area contributed by atoms with Crippen molar-refractivity contribution in [3.05, 3.63) is 95.7 Å². The van der Waals surface area contributed by atoms with E-state index in [9.17, 15) is 14.7 Å². The van der Waals surface area contributed by atoms with Gasteiger partial charge in [-0.1, -0.05) is 42.5 Å². The molecule has 8 nitrogen and oxygen atoms in total. The largest absolute Gasteiger partial charge is 0.497 e. The van der Waals surface area contributed by atoms with Crippen LogP contribution in [0.25, 0.3) is 10.9 Å². The van der Waals surface area contributed by atoms with Crippen LogP contribution < -0.4 is 20.3 Å². The summed E-state index contributed by atoms with van der Waals surface area (Å²) in [6.07, 6.45) is 2.88. The molecule has 40 heavy (non-hydrogen) atoms. The van der Waals surface area contributed by atoms with E-state index in [1.807, 2.05) is 84.5 Å². The lowest BCUT2D eigenvalue weighted by Gasteiger charge is -2.25. The molecule has 3 N–H and O–H groups in total. The first-order valence-corrected chi connectivity index (χ1v) is 13.7. The van der Waals surface area contributed by atoms with Gasteiger partial charge in [-0.05, 0) is 54.3 Å². The Labute approximate surface area is 234 Å². The van der Waals surface area contributed by atoms with E-state index in [-0.39, 0.29) is 11.8 Å². The summed E-state index contributed by atoms with van der Waals surface area (Å²) in [5.41, 5.74) is 4.14. The van der Waals surface area contributed by atoms with Gasteiger partial charge >= 0.3 is 0 Å². The third-order valence-corrected chi connectivity index (χ3v) is 7.50. The van der Waals surface area contributed by atoms with E-state index in [4.69, 9.17) is 4.74 Å². The number of nitrogens with one attached hydrogen (secondary N) is 2. The van der Waals surface area contributed by atoms with Gasteiger partial charge in [-0.2, -0.15) is 0 Å². The number of nitrogens with zero attached hydrogens (tertiary/aromatic N) is 2. The Kier molecular flexibility index (Phi) is 8.48. The molecule has 0 aliphatic carbocycles. The number of aliphatic hydroxyl groups excluding tert-OH is 1. The number of ether oxygens (including phenoxy) is 1. The van der Waals surface area contributed by atoms with Gasteiger partial charge < -0.3 is 29.9 Å². The van der Waals surface area contributed by atoms with Crippen molar-refractivity contribution in [1.82, 2.24) is 15.2 Å². The Bertz CT molecular complexity index is 1480. The summed E-state index contributed by atoms with van der Waals surface area (Å²) in [6.45, 7) is 1.49. The smallest absolute Gasteiger partial charge is 0.251 e. The number of carbonyl (C=O) groups is 2. The van der Waals surface area contributed by atoms with Gasteiger partial charge in [0.1, 0.15) is 5.75 Å². The number of methoxy groups -OCH3 is 1. The molecule has 0 saturated carbocycles. The van der Waals surface area contributed by atoms with Crippen molar-refractivity contribution >= 4 is 28.4 Å². The third-order valence-electron chi connectivity index (χ3n) is 7.50. The average Bonchev–Trinajstić information content (AvgIpc) is 3.57. The number of hydrogen-bond donors (Lipinski definition) is 3. The maximum absolute atomic E-state index is 13.7. The van der Waals surface area contributed by atoms with Crippen molar-refractivity contribution < 1.29 is 19.4 Å². The van der Waals surface area contributed by atoms with Gasteiger partial charge in [0.2, 0.25) is 5.91 Å². The number of aliphatic hydroxyl groups is 1. The van der Waals surface area contributed by atoms with E-state index in [1.165, 1.54) is 0 Å². The van der Waals surface area contributed by atoms with Crippen molar-refractivity contribution in [3.8, 4) is 5.75 Å². The number of anilines is 1. The van der Waals surface area contributed by atoms with Crippen molar-refractivity contribution in [1.29, 1.82) is 0 Å². The van der Waals surface area contributed by atoms with E-state index in [2.05, 4.69) is 10.6 Å². The highest BCUT2D eigenvalue weighted by atomic mass is 16.5. The lowest BCUT2D eigenvalue weighted by Crippen LogP contribution is -2.48. The Balaban J connectivity index is 1.35. The maximum Gasteiger partial charge on any atom is 0.251 e. The van der Waals surface area contributed by atoms with Crippen molar-refractivity contribution in [2.24, 2.45) is 7.05 Å². The minimum atomic E-state index is -0.840. The lowest BCUT2D eigenvalue weighted by atomic mass is 10.00. The summed E-state index contributed by atoms with van der Waals surface area (Å²) in [4.78, 5) is 28.0. The predicted octanol–water partition coefficient (Wildman–Crippen LogP) is 3.81. The molecule has 3 aromatic carbocycles. The molecule has 4 aromatic rings. The van der Waals surface area contributed by atoms with Crippen LogP contribution in [0.5, 0.6) is 5.75 Å². The van der Waals surface area contributed by atoms with Gasteiger partial charge in [0.05, 0.1) is 30.5 Å². The Morgan fingerprint density at radius 1 is 1.05 bits per heavy atom. The molecule has 1 fully saturated rings. The molecular weight excluding hydrogens is 504 g/mol. The molecule has 0 spiro atoms. The highest BCUT2D eigenvalue weighted by Gasteiger charge is 2.27. The summed E-state index contributed by atoms with van der Waals surface area (Å²) in [6, 6.07) is 22.7. The number of carbonyl (C=O) groups excluding carboxylic acids is 2. The van der Waals surface area contributed by atoms with Gasteiger partial charge in [-0.25, -0.2) is 0 Å². The number of rotatable bonds is 11. The van der Waals surface area contributed by atoms with Gasteiger partial charge in [0, 0.05) is 50.2 Å². The standard InChI is InChI=1S/C32H36N4O4/c1-35-15-13-26-28(35)18-24(19-29(26)36-14-7-12-31(36)38)32(39)34-27(17-22-8-4-3-5-9-22)30(37)21-33-20-23-10-6-11-25(16-23)40-2/h3-6,8-11,13,15-16,18-19,27,30,33,37H,7,12,14,17,20-21H2,1-2H3,(H,34,39)/t27-,30-/m0/s1. The van der Waals surface area contributed by atoms with Crippen LogP contribution in [-0.2, 0) is 24.8 Å². The zero-order valence-corrected chi connectivity index (χ0v) is 23.0. The second kappa shape index (κ2) is 12.4. The van der Waals surface area contributed by atoms with Crippen molar-refractivity contribution in [2.75, 3.05) is 25.1 Å². The summed E-state index contributed by atoms with van der Waals surface area (Å²) >= 11 is 0. The Hall–Kier alpha value is -4.14. The molecule has 2 heterocycles. The molecule has 1 aliphatic rings. The van der Waals surface area contributed by atoms with Crippen LogP contribution in [0, 0.1) is 0 Å². The van der Waals surface area contributed by atoms with E-state index in [1.54, 1.807) is 18.1 Å². The van der Waals surface area contributed by atoms with Crippen LogP contribution in [0.1, 0.15) is 34.3 Å². The zero-order valence-electron chi connectivity index (χ0n) is 23.0. The molecule has 5 rings (SSSR count). The summed E-state index contributed by atoms with van der Waals surface area (Å²) in [5.74, 6) is 0.560. The van der Waals surface area contributed by atoms with Gasteiger partial charge in [0.25, 0.3) is 5.91 Å². The fourth-order valence-electron chi connectivity index (χ4n) is 5.30. The number of benzene rings is 3. The molecule has 1 aliphatic heterocycles. The van der Waals surface area contributed by atoms with Crippen LogP contribution in [0.2, 0.25) is 0 Å². The SMILES string of the molecule is COc1cccc(CNC[C@H](O)[C@H](Cc2ccccc2)NC(=O)c2cc(N3CCCC3=O)c3ccn(C)c3c2)c1. The molecule has 0 radical (unpaired) electrons. The second-order valence-corrected chi connectivity index (χ2v) is 10.3. The third kappa shape index (κ3) is 6.19. The van der Waals surface area contributed by atoms with Gasteiger partial charge in [0.15, 0.2) is 0 Å². The zero-order chi connectivity index (χ0) is 28.1.